The van der Waals surface area contributed by atoms with E-state index in [1.54, 1.807) is 6.92 Å². The van der Waals surface area contributed by atoms with Crippen molar-refractivity contribution in [2.75, 3.05) is 19.8 Å². The monoisotopic (exact) mass is 228 g/mol. The van der Waals surface area contributed by atoms with Gasteiger partial charge in [0.2, 0.25) is 0 Å². The normalized spacial score (nSPS) is 10.4. The van der Waals surface area contributed by atoms with Gasteiger partial charge in [0.1, 0.15) is 0 Å². The van der Waals surface area contributed by atoms with Crippen LogP contribution in [0, 0.1) is 0 Å². The number of ether oxygens (including phenoxy) is 2. The first-order valence-corrected chi connectivity index (χ1v) is 5.30. The summed E-state index contributed by atoms with van der Waals surface area (Å²) >= 11 is 0. The number of carbonyl (C=O) groups is 1. The lowest BCUT2D eigenvalue weighted by atomic mass is 10.5. The third-order valence-electron chi connectivity index (χ3n) is 1.79. The molecule has 7 heteroatoms. The van der Waals surface area contributed by atoms with Crippen LogP contribution in [-0.4, -0.2) is 46.0 Å². The van der Waals surface area contributed by atoms with Crippen molar-refractivity contribution >= 4 is 5.97 Å². The molecule has 0 bridgehead atoms. The smallest absolute Gasteiger partial charge is 0.378 e. The maximum atomic E-state index is 11.4. The molecule has 0 atom stereocenters. The molecule has 0 spiro atoms. The minimum absolute atomic E-state index is 0.113. The van der Waals surface area contributed by atoms with Gasteiger partial charge in [0.05, 0.1) is 19.8 Å². The fourth-order valence-corrected chi connectivity index (χ4v) is 1.09. The van der Waals surface area contributed by atoms with Crippen molar-refractivity contribution in [3.8, 4) is 0 Å². The quantitative estimate of drug-likeness (QED) is 0.492. The van der Waals surface area contributed by atoms with Crippen molar-refractivity contribution in [1.29, 1.82) is 0 Å². The number of rotatable bonds is 7. The molecule has 0 fully saturated rings. The number of tetrazole rings is 1. The first kappa shape index (κ1) is 12.6. The third kappa shape index (κ3) is 3.58. The van der Waals surface area contributed by atoms with E-state index in [0.29, 0.717) is 26.4 Å². The van der Waals surface area contributed by atoms with Crippen LogP contribution in [0.5, 0.6) is 0 Å². The summed E-state index contributed by atoms with van der Waals surface area (Å²) in [5.41, 5.74) is 0. The van der Waals surface area contributed by atoms with Gasteiger partial charge in [-0.05, 0) is 23.8 Å². The number of carbonyl (C=O) groups excluding carboxylic acids is 1. The first-order chi connectivity index (χ1) is 7.79. The van der Waals surface area contributed by atoms with Crippen LogP contribution in [0.3, 0.4) is 0 Å². The maximum absolute atomic E-state index is 11.4. The van der Waals surface area contributed by atoms with Crippen molar-refractivity contribution in [3.05, 3.63) is 5.82 Å². The average molecular weight is 228 g/mol. The Labute approximate surface area is 93.7 Å². The van der Waals surface area contributed by atoms with Gasteiger partial charge in [-0.3, -0.25) is 0 Å². The second-order valence-electron chi connectivity index (χ2n) is 3.06. The molecule has 0 aromatic carbocycles. The standard InChI is InChI=1S/C9H16N4O3/c1-3-6-15-7-5-13-8(10-11-12-13)9(14)16-4-2/h3-7H2,1-2H3. The summed E-state index contributed by atoms with van der Waals surface area (Å²) in [5.74, 6) is -0.398. The van der Waals surface area contributed by atoms with Gasteiger partial charge in [-0.25, -0.2) is 9.48 Å². The highest BCUT2D eigenvalue weighted by molar-refractivity contribution is 5.85. The molecule has 1 aromatic rings. The van der Waals surface area contributed by atoms with Crippen molar-refractivity contribution in [2.24, 2.45) is 0 Å². The van der Waals surface area contributed by atoms with Crippen LogP contribution in [0.1, 0.15) is 30.9 Å². The molecule has 1 heterocycles. The largest absolute Gasteiger partial charge is 0.460 e. The van der Waals surface area contributed by atoms with Gasteiger partial charge >= 0.3 is 5.97 Å². The second-order valence-corrected chi connectivity index (χ2v) is 3.06. The van der Waals surface area contributed by atoms with Crippen molar-refractivity contribution in [2.45, 2.75) is 26.8 Å². The van der Waals surface area contributed by atoms with Crippen molar-refractivity contribution < 1.29 is 14.3 Å². The molecule has 1 rings (SSSR count). The molecule has 16 heavy (non-hydrogen) atoms. The van der Waals surface area contributed by atoms with Crippen molar-refractivity contribution in [3.63, 3.8) is 0 Å². The molecule has 90 valence electrons. The van der Waals surface area contributed by atoms with Gasteiger partial charge in [0.15, 0.2) is 0 Å². The number of hydrogen-bond acceptors (Lipinski definition) is 6. The van der Waals surface area contributed by atoms with Crippen LogP contribution in [0.25, 0.3) is 0 Å². The minimum Gasteiger partial charge on any atom is -0.460 e. The van der Waals surface area contributed by atoms with Crippen LogP contribution < -0.4 is 0 Å². The minimum atomic E-state index is -0.511. The van der Waals surface area contributed by atoms with Gasteiger partial charge in [-0.2, -0.15) is 0 Å². The predicted molar refractivity (Wildman–Crippen MR) is 54.9 cm³/mol. The molecule has 7 nitrogen and oxygen atoms in total. The molecule has 0 saturated heterocycles. The molecule has 0 aliphatic heterocycles. The lowest BCUT2D eigenvalue weighted by Crippen LogP contribution is -2.17. The summed E-state index contributed by atoms with van der Waals surface area (Å²) in [5, 5.41) is 10.7. The van der Waals surface area contributed by atoms with E-state index in [1.165, 1.54) is 4.68 Å². The Balaban J connectivity index is 2.47. The van der Waals surface area contributed by atoms with Crippen LogP contribution in [-0.2, 0) is 16.0 Å². The molecule has 0 amide bonds. The van der Waals surface area contributed by atoms with E-state index in [4.69, 9.17) is 9.47 Å². The Kier molecular flexibility index (Phi) is 5.41. The average Bonchev–Trinajstić information content (AvgIpc) is 2.73. The highest BCUT2D eigenvalue weighted by atomic mass is 16.5. The van der Waals surface area contributed by atoms with Gasteiger partial charge in [-0.15, -0.1) is 5.10 Å². The van der Waals surface area contributed by atoms with Gasteiger partial charge in [-0.1, -0.05) is 6.92 Å². The molecule has 0 radical (unpaired) electrons. The van der Waals surface area contributed by atoms with E-state index in [2.05, 4.69) is 15.5 Å². The SMILES string of the molecule is CCCOCCn1nnnc1C(=O)OCC. The Morgan fingerprint density at radius 1 is 1.38 bits per heavy atom. The molecule has 0 unspecified atom stereocenters. The Hall–Kier alpha value is -1.50. The fraction of sp³-hybridized carbons (Fsp3) is 0.778. The number of aromatic nitrogens is 4. The number of hydrogen-bond donors (Lipinski definition) is 0. The van der Waals surface area contributed by atoms with Gasteiger partial charge in [0, 0.05) is 6.61 Å². The zero-order valence-electron chi connectivity index (χ0n) is 9.55. The second kappa shape index (κ2) is 6.89. The first-order valence-electron chi connectivity index (χ1n) is 5.30. The van der Waals surface area contributed by atoms with E-state index in [9.17, 15) is 4.79 Å². The van der Waals surface area contributed by atoms with Crippen LogP contribution >= 0.6 is 0 Å². The topological polar surface area (TPSA) is 79.1 Å². The van der Waals surface area contributed by atoms with Crippen molar-refractivity contribution in [1.82, 2.24) is 20.2 Å². The summed E-state index contributed by atoms with van der Waals surface area (Å²) in [7, 11) is 0. The van der Waals surface area contributed by atoms with Crippen LogP contribution in [0.2, 0.25) is 0 Å². The lowest BCUT2D eigenvalue weighted by Gasteiger charge is -2.04. The summed E-state index contributed by atoms with van der Waals surface area (Å²) in [6, 6.07) is 0. The Morgan fingerprint density at radius 3 is 2.88 bits per heavy atom. The maximum Gasteiger partial charge on any atom is 0.378 e. The zero-order chi connectivity index (χ0) is 11.8. The summed E-state index contributed by atoms with van der Waals surface area (Å²) in [4.78, 5) is 11.4. The zero-order valence-corrected chi connectivity index (χ0v) is 9.55. The number of esters is 1. The van der Waals surface area contributed by atoms with Gasteiger partial charge < -0.3 is 9.47 Å². The molecular formula is C9H16N4O3. The predicted octanol–water partition coefficient (Wildman–Crippen LogP) is 0.276. The van der Waals surface area contributed by atoms with Crippen LogP contribution in [0.15, 0.2) is 0 Å². The molecule has 0 aliphatic carbocycles. The summed E-state index contributed by atoms with van der Waals surface area (Å²) in [6.07, 6.45) is 0.959. The molecule has 0 aliphatic rings. The molecule has 0 saturated carbocycles. The number of nitrogens with zero attached hydrogens (tertiary/aromatic N) is 4. The Morgan fingerprint density at radius 2 is 2.19 bits per heavy atom. The Bertz CT molecular complexity index is 326. The van der Waals surface area contributed by atoms with E-state index in [-0.39, 0.29) is 5.82 Å². The summed E-state index contributed by atoms with van der Waals surface area (Å²) in [6.45, 7) is 5.68. The highest BCUT2D eigenvalue weighted by Crippen LogP contribution is 1.96. The van der Waals surface area contributed by atoms with E-state index in [1.807, 2.05) is 6.92 Å². The van der Waals surface area contributed by atoms with E-state index >= 15 is 0 Å². The highest BCUT2D eigenvalue weighted by Gasteiger charge is 2.15. The molecule has 0 N–H and O–H groups in total. The van der Waals surface area contributed by atoms with E-state index < -0.39 is 5.97 Å². The fourth-order valence-electron chi connectivity index (χ4n) is 1.09. The van der Waals surface area contributed by atoms with Gasteiger partial charge in [0.25, 0.3) is 5.82 Å². The van der Waals surface area contributed by atoms with Crippen LogP contribution in [0.4, 0.5) is 0 Å². The third-order valence-corrected chi connectivity index (χ3v) is 1.79. The molecular weight excluding hydrogens is 212 g/mol. The van der Waals surface area contributed by atoms with E-state index in [0.717, 1.165) is 6.42 Å². The summed E-state index contributed by atoms with van der Waals surface area (Å²) < 4.78 is 11.5. The molecule has 1 aromatic heterocycles. The lowest BCUT2D eigenvalue weighted by molar-refractivity contribution is 0.0499.